The molecule has 0 bridgehead atoms. The number of hydrogen-bond donors (Lipinski definition) is 2. The highest BCUT2D eigenvalue weighted by molar-refractivity contribution is 7.80. The molecule has 24 heavy (non-hydrogen) atoms. The van der Waals surface area contributed by atoms with E-state index in [4.69, 9.17) is 12.2 Å². The molecular formula is C20H27N3S. The molecule has 3 nitrogen and oxygen atoms in total. The van der Waals surface area contributed by atoms with E-state index in [2.05, 4.69) is 92.0 Å². The number of benzene rings is 2. The molecular weight excluding hydrogens is 314 g/mol. The van der Waals surface area contributed by atoms with Gasteiger partial charge >= 0.3 is 0 Å². The average molecular weight is 342 g/mol. The van der Waals surface area contributed by atoms with Crippen molar-refractivity contribution in [1.29, 1.82) is 0 Å². The van der Waals surface area contributed by atoms with Gasteiger partial charge in [-0.15, -0.1) is 0 Å². The molecule has 128 valence electrons. The summed E-state index contributed by atoms with van der Waals surface area (Å²) in [6.07, 6.45) is 0.993. The van der Waals surface area contributed by atoms with Crippen molar-refractivity contribution in [2.75, 3.05) is 26.0 Å². The maximum atomic E-state index is 5.44. The third-order valence-electron chi connectivity index (χ3n) is 4.31. The Balaban J connectivity index is 1.89. The third kappa shape index (κ3) is 5.62. The first kappa shape index (κ1) is 18.4. The predicted octanol–water partition coefficient (Wildman–Crippen LogP) is 3.76. The van der Waals surface area contributed by atoms with Crippen LogP contribution in [0.5, 0.6) is 0 Å². The minimum Gasteiger partial charge on any atom is -0.361 e. The molecule has 2 N–H and O–H groups in total. The molecule has 0 amide bonds. The first-order valence-electron chi connectivity index (χ1n) is 8.28. The van der Waals surface area contributed by atoms with Crippen LogP contribution in [0.4, 0.5) is 5.69 Å². The lowest BCUT2D eigenvalue weighted by molar-refractivity contribution is 0.291. The molecule has 2 rings (SSSR count). The fourth-order valence-electron chi connectivity index (χ4n) is 2.53. The quantitative estimate of drug-likeness (QED) is 0.782. The highest BCUT2D eigenvalue weighted by Crippen LogP contribution is 2.14. The molecule has 0 aliphatic heterocycles. The zero-order chi connectivity index (χ0) is 17.5. The third-order valence-corrected chi connectivity index (χ3v) is 4.55. The molecule has 0 aliphatic rings. The summed E-state index contributed by atoms with van der Waals surface area (Å²) in [6, 6.07) is 17.2. The zero-order valence-corrected chi connectivity index (χ0v) is 15.8. The van der Waals surface area contributed by atoms with E-state index in [1.165, 1.54) is 16.7 Å². The Hall–Kier alpha value is -1.91. The van der Waals surface area contributed by atoms with Crippen LogP contribution in [-0.2, 0) is 6.42 Å². The van der Waals surface area contributed by atoms with E-state index >= 15 is 0 Å². The SMILES string of the molecule is Cc1ccc(NC(=S)NC[C@H](Cc2ccccc2)N(C)C)cc1C. The molecule has 0 radical (unpaired) electrons. The lowest BCUT2D eigenvalue weighted by Gasteiger charge is -2.25. The Morgan fingerprint density at radius 2 is 1.75 bits per heavy atom. The lowest BCUT2D eigenvalue weighted by atomic mass is 10.1. The van der Waals surface area contributed by atoms with Crippen molar-refractivity contribution in [3.05, 3.63) is 65.2 Å². The van der Waals surface area contributed by atoms with Gasteiger partial charge in [0.05, 0.1) is 0 Å². The number of thiocarbonyl (C=S) groups is 1. The van der Waals surface area contributed by atoms with Gasteiger partial charge in [0.2, 0.25) is 0 Å². The second-order valence-electron chi connectivity index (χ2n) is 6.44. The topological polar surface area (TPSA) is 27.3 Å². The minimum atomic E-state index is 0.381. The maximum absolute atomic E-state index is 5.44. The van der Waals surface area contributed by atoms with E-state index in [-0.39, 0.29) is 0 Å². The molecule has 0 heterocycles. The van der Waals surface area contributed by atoms with Crippen molar-refractivity contribution >= 4 is 23.0 Å². The summed E-state index contributed by atoms with van der Waals surface area (Å²) in [4.78, 5) is 2.23. The van der Waals surface area contributed by atoms with Crippen molar-refractivity contribution in [2.24, 2.45) is 0 Å². The number of nitrogens with zero attached hydrogens (tertiary/aromatic N) is 1. The first-order chi connectivity index (χ1) is 11.5. The number of nitrogens with one attached hydrogen (secondary N) is 2. The minimum absolute atomic E-state index is 0.381. The Morgan fingerprint density at radius 3 is 2.38 bits per heavy atom. The lowest BCUT2D eigenvalue weighted by Crippen LogP contribution is -2.42. The zero-order valence-electron chi connectivity index (χ0n) is 15.0. The number of anilines is 1. The van der Waals surface area contributed by atoms with Crippen molar-refractivity contribution < 1.29 is 0 Å². The Labute approximate surface area is 151 Å². The molecule has 2 aromatic rings. The monoisotopic (exact) mass is 341 g/mol. The van der Waals surface area contributed by atoms with Crippen LogP contribution in [0.3, 0.4) is 0 Å². The largest absolute Gasteiger partial charge is 0.361 e. The van der Waals surface area contributed by atoms with Gasteiger partial charge in [-0.25, -0.2) is 0 Å². The maximum Gasteiger partial charge on any atom is 0.170 e. The number of rotatable bonds is 6. The van der Waals surface area contributed by atoms with Crippen LogP contribution in [0.2, 0.25) is 0 Å². The van der Waals surface area contributed by atoms with E-state index in [9.17, 15) is 0 Å². The molecule has 2 aromatic carbocycles. The summed E-state index contributed by atoms with van der Waals surface area (Å²) in [5.74, 6) is 0. The second-order valence-corrected chi connectivity index (χ2v) is 6.85. The first-order valence-corrected chi connectivity index (χ1v) is 8.69. The Morgan fingerprint density at radius 1 is 1.04 bits per heavy atom. The van der Waals surface area contributed by atoms with Gasteiger partial charge in [-0.1, -0.05) is 36.4 Å². The van der Waals surface area contributed by atoms with Crippen LogP contribution in [0.1, 0.15) is 16.7 Å². The summed E-state index contributed by atoms with van der Waals surface area (Å²) >= 11 is 5.44. The standard InChI is InChI=1S/C20H27N3S/c1-15-10-11-18(12-16(15)2)22-20(24)21-14-19(23(3)4)13-17-8-6-5-7-9-17/h5-12,19H,13-14H2,1-4H3,(H2,21,22,24)/t19-/m0/s1. The van der Waals surface area contributed by atoms with E-state index in [0.29, 0.717) is 11.2 Å². The van der Waals surface area contributed by atoms with Gasteiger partial charge in [0.15, 0.2) is 5.11 Å². The van der Waals surface area contributed by atoms with Crippen LogP contribution >= 0.6 is 12.2 Å². The van der Waals surface area contributed by atoms with E-state index < -0.39 is 0 Å². The van der Waals surface area contributed by atoms with Crippen LogP contribution in [0.25, 0.3) is 0 Å². The summed E-state index contributed by atoms with van der Waals surface area (Å²) in [7, 11) is 4.21. The van der Waals surface area contributed by atoms with E-state index in [1.54, 1.807) is 0 Å². The highest BCUT2D eigenvalue weighted by Gasteiger charge is 2.12. The fourth-order valence-corrected chi connectivity index (χ4v) is 2.73. The van der Waals surface area contributed by atoms with Crippen molar-refractivity contribution in [3.63, 3.8) is 0 Å². The van der Waals surface area contributed by atoms with Crippen molar-refractivity contribution in [3.8, 4) is 0 Å². The van der Waals surface area contributed by atoms with Crippen LogP contribution < -0.4 is 10.6 Å². The normalized spacial score (nSPS) is 12.0. The summed E-state index contributed by atoms with van der Waals surface area (Å²) < 4.78 is 0. The van der Waals surface area contributed by atoms with Gasteiger partial charge < -0.3 is 15.5 Å². The predicted molar refractivity (Wildman–Crippen MR) is 108 cm³/mol. The molecule has 0 unspecified atom stereocenters. The highest BCUT2D eigenvalue weighted by atomic mass is 32.1. The summed E-state index contributed by atoms with van der Waals surface area (Å²) in [5.41, 5.74) is 4.92. The van der Waals surface area contributed by atoms with Gasteiger partial charge in [-0.2, -0.15) is 0 Å². The van der Waals surface area contributed by atoms with Crippen LogP contribution in [-0.4, -0.2) is 36.7 Å². The molecule has 0 saturated carbocycles. The van der Waals surface area contributed by atoms with Gasteiger partial charge in [0.1, 0.15) is 0 Å². The molecule has 0 aromatic heterocycles. The second kappa shape index (κ2) is 8.81. The summed E-state index contributed by atoms with van der Waals surface area (Å²) in [5, 5.41) is 7.28. The van der Waals surface area contributed by atoms with E-state index in [0.717, 1.165) is 18.7 Å². The van der Waals surface area contributed by atoms with Gasteiger partial charge in [-0.3, -0.25) is 0 Å². The van der Waals surface area contributed by atoms with Gasteiger partial charge in [0.25, 0.3) is 0 Å². The van der Waals surface area contributed by atoms with Gasteiger partial charge in [0, 0.05) is 18.3 Å². The Bertz CT molecular complexity index is 668. The summed E-state index contributed by atoms with van der Waals surface area (Å²) in [6.45, 7) is 5.03. The molecule has 0 saturated heterocycles. The van der Waals surface area contributed by atoms with Crippen molar-refractivity contribution in [1.82, 2.24) is 10.2 Å². The van der Waals surface area contributed by atoms with Crippen LogP contribution in [0.15, 0.2) is 48.5 Å². The van der Waals surface area contributed by atoms with E-state index in [1.807, 2.05) is 0 Å². The van der Waals surface area contributed by atoms with Gasteiger partial charge in [-0.05, 0) is 75.4 Å². The number of hydrogen-bond acceptors (Lipinski definition) is 2. The number of likely N-dealkylation sites (N-methyl/N-ethyl adjacent to an activating group) is 1. The van der Waals surface area contributed by atoms with Crippen molar-refractivity contribution in [2.45, 2.75) is 26.3 Å². The Kier molecular flexibility index (Phi) is 6.76. The number of aryl methyl sites for hydroxylation is 2. The molecule has 1 atom stereocenters. The average Bonchev–Trinajstić information content (AvgIpc) is 2.55. The molecule has 4 heteroatoms. The van der Waals surface area contributed by atoms with Crippen LogP contribution in [0, 0.1) is 13.8 Å². The fraction of sp³-hybridized carbons (Fsp3) is 0.350. The smallest absolute Gasteiger partial charge is 0.170 e. The molecule has 0 spiro atoms. The molecule has 0 fully saturated rings. The molecule has 0 aliphatic carbocycles.